The number of hydrogen-bond acceptors (Lipinski definition) is 1. The van der Waals surface area contributed by atoms with Crippen LogP contribution in [0.2, 0.25) is 0 Å². The summed E-state index contributed by atoms with van der Waals surface area (Å²) in [6, 6.07) is 3.80. The quantitative estimate of drug-likeness (QED) is 0.835. The Morgan fingerprint density at radius 1 is 1.37 bits per heavy atom. The second-order valence-electron chi connectivity index (χ2n) is 5.70. The zero-order chi connectivity index (χ0) is 14.3. The van der Waals surface area contributed by atoms with Gasteiger partial charge in [0.1, 0.15) is 11.6 Å². The minimum atomic E-state index is -0.548. The molecule has 0 heterocycles. The van der Waals surface area contributed by atoms with Gasteiger partial charge in [0, 0.05) is 25.1 Å². The summed E-state index contributed by atoms with van der Waals surface area (Å²) in [4.78, 5) is 0. The van der Waals surface area contributed by atoms with Gasteiger partial charge < -0.3 is 10.6 Å². The van der Waals surface area contributed by atoms with Crippen LogP contribution in [-0.4, -0.2) is 18.7 Å². The van der Waals surface area contributed by atoms with E-state index in [1.54, 1.807) is 13.1 Å². The molecule has 1 atom stereocenters. The van der Waals surface area contributed by atoms with E-state index in [9.17, 15) is 8.78 Å². The van der Waals surface area contributed by atoms with Crippen molar-refractivity contribution in [1.29, 1.82) is 0 Å². The SMILES string of the molecule is CNC(=S)NCC1(c2ccc(F)cc2F)CC1(C)C. The van der Waals surface area contributed by atoms with Crippen LogP contribution in [-0.2, 0) is 5.41 Å². The first-order valence-corrected chi connectivity index (χ1v) is 6.64. The van der Waals surface area contributed by atoms with Crippen LogP contribution in [0.3, 0.4) is 0 Å². The van der Waals surface area contributed by atoms with Gasteiger partial charge in [-0.05, 0) is 35.7 Å². The highest BCUT2D eigenvalue weighted by atomic mass is 32.1. The lowest BCUT2D eigenvalue weighted by Gasteiger charge is -2.23. The number of nitrogens with one attached hydrogen (secondary N) is 2. The van der Waals surface area contributed by atoms with Gasteiger partial charge in [-0.3, -0.25) is 0 Å². The van der Waals surface area contributed by atoms with Crippen LogP contribution >= 0.6 is 12.2 Å². The van der Waals surface area contributed by atoms with E-state index in [4.69, 9.17) is 12.2 Å². The number of benzene rings is 1. The molecule has 1 aromatic rings. The van der Waals surface area contributed by atoms with E-state index in [1.807, 2.05) is 0 Å². The Hall–Kier alpha value is -1.23. The zero-order valence-electron chi connectivity index (χ0n) is 11.3. The molecule has 0 amide bonds. The van der Waals surface area contributed by atoms with Gasteiger partial charge in [-0.1, -0.05) is 19.9 Å². The van der Waals surface area contributed by atoms with Crippen LogP contribution < -0.4 is 10.6 Å². The summed E-state index contributed by atoms with van der Waals surface area (Å²) in [5.41, 5.74) is 0.207. The van der Waals surface area contributed by atoms with Crippen molar-refractivity contribution in [2.24, 2.45) is 5.41 Å². The first-order chi connectivity index (χ1) is 8.82. The fourth-order valence-corrected chi connectivity index (χ4v) is 2.84. The lowest BCUT2D eigenvalue weighted by atomic mass is 9.87. The number of thiocarbonyl (C=S) groups is 1. The minimum Gasteiger partial charge on any atom is -0.366 e. The van der Waals surface area contributed by atoms with Gasteiger partial charge in [-0.2, -0.15) is 0 Å². The van der Waals surface area contributed by atoms with Gasteiger partial charge in [-0.15, -0.1) is 0 Å². The summed E-state index contributed by atoms with van der Waals surface area (Å²) in [7, 11) is 1.73. The van der Waals surface area contributed by atoms with Crippen molar-refractivity contribution in [2.45, 2.75) is 25.7 Å². The Labute approximate surface area is 117 Å². The molecule has 104 valence electrons. The highest BCUT2D eigenvalue weighted by Crippen LogP contribution is 2.64. The second kappa shape index (κ2) is 4.71. The molecule has 2 nitrogen and oxygen atoms in total. The van der Waals surface area contributed by atoms with Gasteiger partial charge in [0.05, 0.1) is 0 Å². The van der Waals surface area contributed by atoms with Gasteiger partial charge in [0.25, 0.3) is 0 Å². The number of hydrogen-bond donors (Lipinski definition) is 2. The maximum Gasteiger partial charge on any atom is 0.166 e. The fraction of sp³-hybridized carbons (Fsp3) is 0.500. The van der Waals surface area contributed by atoms with Crippen molar-refractivity contribution >= 4 is 17.3 Å². The smallest absolute Gasteiger partial charge is 0.166 e. The number of halogens is 2. The number of rotatable bonds is 3. The zero-order valence-corrected chi connectivity index (χ0v) is 12.1. The Morgan fingerprint density at radius 3 is 2.47 bits per heavy atom. The third kappa shape index (κ3) is 2.43. The monoisotopic (exact) mass is 284 g/mol. The highest BCUT2D eigenvalue weighted by molar-refractivity contribution is 7.80. The molecule has 1 unspecified atom stereocenters. The molecule has 2 N–H and O–H groups in total. The standard InChI is InChI=1S/C14H18F2N2S/c1-13(2)7-14(13,8-18-12(19)17-3)10-5-4-9(15)6-11(10)16/h4-6H,7-8H2,1-3H3,(H2,17,18,19). The summed E-state index contributed by atoms with van der Waals surface area (Å²) in [5.74, 6) is -1.03. The summed E-state index contributed by atoms with van der Waals surface area (Å²) in [5, 5.41) is 6.46. The summed E-state index contributed by atoms with van der Waals surface area (Å²) < 4.78 is 27.1. The van der Waals surface area contributed by atoms with E-state index < -0.39 is 11.6 Å². The Balaban J connectivity index is 2.28. The molecule has 2 rings (SSSR count). The molecule has 5 heteroatoms. The molecule has 0 bridgehead atoms. The fourth-order valence-electron chi connectivity index (χ4n) is 2.76. The van der Waals surface area contributed by atoms with Gasteiger partial charge in [-0.25, -0.2) is 8.78 Å². The summed E-state index contributed by atoms with van der Waals surface area (Å²) in [6.45, 7) is 4.71. The maximum absolute atomic E-state index is 14.0. The molecule has 1 aromatic carbocycles. The predicted octanol–water partition coefficient (Wildman–Crippen LogP) is 2.73. The minimum absolute atomic E-state index is 0.0258. The predicted molar refractivity (Wildman–Crippen MR) is 76.1 cm³/mol. The molecule has 0 radical (unpaired) electrons. The van der Waals surface area contributed by atoms with Crippen LogP contribution in [0.4, 0.5) is 8.78 Å². The molecular formula is C14H18F2N2S. The van der Waals surface area contributed by atoms with Crippen LogP contribution in [0.15, 0.2) is 18.2 Å². The molecule has 1 aliphatic carbocycles. The van der Waals surface area contributed by atoms with E-state index in [1.165, 1.54) is 6.07 Å². The third-order valence-electron chi connectivity index (χ3n) is 4.14. The molecule has 0 aliphatic heterocycles. The van der Waals surface area contributed by atoms with Crippen LogP contribution in [0.5, 0.6) is 0 Å². The van der Waals surface area contributed by atoms with Gasteiger partial charge in [0.2, 0.25) is 0 Å². The van der Waals surface area contributed by atoms with Crippen LogP contribution in [0.1, 0.15) is 25.8 Å². The molecular weight excluding hydrogens is 266 g/mol. The molecule has 1 aliphatic rings. The van der Waals surface area contributed by atoms with E-state index in [0.717, 1.165) is 12.5 Å². The molecule has 1 saturated carbocycles. The molecule has 0 spiro atoms. The van der Waals surface area contributed by atoms with Crippen molar-refractivity contribution in [3.63, 3.8) is 0 Å². The summed E-state index contributed by atoms with van der Waals surface area (Å²) >= 11 is 5.05. The van der Waals surface area contributed by atoms with Gasteiger partial charge >= 0.3 is 0 Å². The molecule has 0 saturated heterocycles. The van der Waals surface area contributed by atoms with Crippen molar-refractivity contribution in [1.82, 2.24) is 10.6 Å². The van der Waals surface area contributed by atoms with E-state index >= 15 is 0 Å². The van der Waals surface area contributed by atoms with Crippen LogP contribution in [0.25, 0.3) is 0 Å². The Kier molecular flexibility index (Phi) is 3.51. The van der Waals surface area contributed by atoms with E-state index in [2.05, 4.69) is 24.5 Å². The van der Waals surface area contributed by atoms with E-state index in [0.29, 0.717) is 17.2 Å². The lowest BCUT2D eigenvalue weighted by molar-refractivity contribution is 0.461. The van der Waals surface area contributed by atoms with Gasteiger partial charge in [0.15, 0.2) is 5.11 Å². The highest BCUT2D eigenvalue weighted by Gasteiger charge is 2.62. The second-order valence-corrected chi connectivity index (χ2v) is 6.11. The maximum atomic E-state index is 14.0. The topological polar surface area (TPSA) is 24.1 Å². The van der Waals surface area contributed by atoms with Crippen molar-refractivity contribution in [3.05, 3.63) is 35.4 Å². The van der Waals surface area contributed by atoms with Crippen molar-refractivity contribution in [2.75, 3.05) is 13.6 Å². The summed E-state index contributed by atoms with van der Waals surface area (Å²) in [6.07, 6.45) is 0.849. The van der Waals surface area contributed by atoms with E-state index in [-0.39, 0.29) is 10.8 Å². The Morgan fingerprint density at radius 2 is 2.00 bits per heavy atom. The average Bonchev–Trinajstić information content (AvgIpc) is 2.89. The average molecular weight is 284 g/mol. The first-order valence-electron chi connectivity index (χ1n) is 6.23. The molecule has 0 aromatic heterocycles. The Bertz CT molecular complexity index is 516. The largest absolute Gasteiger partial charge is 0.366 e. The van der Waals surface area contributed by atoms with Crippen molar-refractivity contribution < 1.29 is 8.78 Å². The lowest BCUT2D eigenvalue weighted by Crippen LogP contribution is -2.39. The third-order valence-corrected chi connectivity index (χ3v) is 4.49. The first kappa shape index (κ1) is 14.2. The normalized spacial score (nSPS) is 23.8. The van der Waals surface area contributed by atoms with Crippen LogP contribution in [0, 0.1) is 17.0 Å². The molecule has 1 fully saturated rings. The van der Waals surface area contributed by atoms with Crippen molar-refractivity contribution in [3.8, 4) is 0 Å². The molecule has 19 heavy (non-hydrogen) atoms.